The second kappa shape index (κ2) is 5.81. The summed E-state index contributed by atoms with van der Waals surface area (Å²) in [6.07, 6.45) is 1.08. The molecule has 3 amide bonds. The number of nitrogens with one attached hydrogen (secondary N) is 1. The summed E-state index contributed by atoms with van der Waals surface area (Å²) in [5.41, 5.74) is 4.90. The van der Waals surface area contributed by atoms with Crippen LogP contribution in [0.1, 0.15) is 20.3 Å². The quantitative estimate of drug-likeness (QED) is 0.694. The van der Waals surface area contributed by atoms with E-state index in [0.29, 0.717) is 19.7 Å². The number of rotatable bonds is 3. The predicted molar refractivity (Wildman–Crippen MR) is 58.8 cm³/mol. The molecule has 1 aliphatic heterocycles. The first-order valence-corrected chi connectivity index (χ1v) is 5.50. The van der Waals surface area contributed by atoms with Gasteiger partial charge in [0.15, 0.2) is 0 Å². The lowest BCUT2D eigenvalue weighted by molar-refractivity contribution is -0.128. The molecule has 0 aromatic rings. The third-order valence-electron chi connectivity index (χ3n) is 2.80. The summed E-state index contributed by atoms with van der Waals surface area (Å²) in [5.74, 6) is -0.357. The number of carbonyl (C=O) groups is 2. The molecule has 1 heterocycles. The Balaban J connectivity index is 2.49. The van der Waals surface area contributed by atoms with Gasteiger partial charge in [-0.15, -0.1) is 0 Å². The number of amides is 3. The molecule has 0 aliphatic carbocycles. The van der Waals surface area contributed by atoms with Crippen LogP contribution in [0.4, 0.5) is 4.79 Å². The first kappa shape index (κ1) is 12.9. The van der Waals surface area contributed by atoms with Crippen molar-refractivity contribution in [2.24, 2.45) is 5.73 Å². The molecule has 0 spiro atoms. The number of imide groups is 1. The van der Waals surface area contributed by atoms with Gasteiger partial charge in [0, 0.05) is 13.1 Å². The number of hydrogen-bond acceptors (Lipinski definition) is 4. The van der Waals surface area contributed by atoms with Crippen LogP contribution in [0.3, 0.4) is 0 Å². The van der Waals surface area contributed by atoms with Crippen LogP contribution < -0.4 is 11.1 Å². The van der Waals surface area contributed by atoms with Crippen molar-refractivity contribution in [1.29, 1.82) is 0 Å². The number of nitrogens with two attached hydrogens (primary N) is 1. The summed E-state index contributed by atoms with van der Waals surface area (Å²) >= 11 is 0. The molecular formula is C10H19N3O3. The fourth-order valence-corrected chi connectivity index (χ4v) is 1.73. The summed E-state index contributed by atoms with van der Waals surface area (Å²) < 4.78 is 5.50. The zero-order valence-corrected chi connectivity index (χ0v) is 9.73. The number of morpholine rings is 1. The van der Waals surface area contributed by atoms with Crippen molar-refractivity contribution in [2.45, 2.75) is 32.4 Å². The lowest BCUT2D eigenvalue weighted by Crippen LogP contribution is -2.53. The Hall–Kier alpha value is -1.14. The fraction of sp³-hybridized carbons (Fsp3) is 0.800. The fourth-order valence-electron chi connectivity index (χ4n) is 1.73. The topological polar surface area (TPSA) is 84.7 Å². The van der Waals surface area contributed by atoms with Crippen LogP contribution in [0.5, 0.6) is 0 Å². The third-order valence-corrected chi connectivity index (χ3v) is 2.80. The third kappa shape index (κ3) is 3.46. The van der Waals surface area contributed by atoms with E-state index in [1.165, 1.54) is 0 Å². The van der Waals surface area contributed by atoms with E-state index in [-0.39, 0.29) is 18.1 Å². The van der Waals surface area contributed by atoms with Crippen LogP contribution in [-0.2, 0) is 9.53 Å². The molecule has 1 saturated heterocycles. The van der Waals surface area contributed by atoms with Crippen LogP contribution in [0.15, 0.2) is 0 Å². The van der Waals surface area contributed by atoms with Gasteiger partial charge in [-0.25, -0.2) is 4.79 Å². The molecule has 0 radical (unpaired) electrons. The van der Waals surface area contributed by atoms with Crippen molar-refractivity contribution in [3.05, 3.63) is 0 Å². The largest absolute Gasteiger partial charge is 0.376 e. The van der Waals surface area contributed by atoms with Gasteiger partial charge < -0.3 is 10.5 Å². The smallest absolute Gasteiger partial charge is 0.318 e. The van der Waals surface area contributed by atoms with Gasteiger partial charge in [-0.1, -0.05) is 6.92 Å². The average Bonchev–Trinajstić information content (AvgIpc) is 2.27. The zero-order chi connectivity index (χ0) is 12.1. The highest BCUT2D eigenvalue weighted by molar-refractivity contribution is 5.96. The van der Waals surface area contributed by atoms with Gasteiger partial charge in [0.05, 0.1) is 18.8 Å². The molecule has 6 nitrogen and oxygen atoms in total. The van der Waals surface area contributed by atoms with E-state index in [1.54, 1.807) is 6.92 Å². The second-order valence-electron chi connectivity index (χ2n) is 3.93. The highest BCUT2D eigenvalue weighted by Gasteiger charge is 2.27. The Labute approximate surface area is 95.1 Å². The van der Waals surface area contributed by atoms with Crippen molar-refractivity contribution >= 4 is 11.9 Å². The molecule has 0 bridgehead atoms. The van der Waals surface area contributed by atoms with Crippen LogP contribution in [-0.4, -0.2) is 48.7 Å². The Morgan fingerprint density at radius 2 is 2.31 bits per heavy atom. The van der Waals surface area contributed by atoms with Gasteiger partial charge in [-0.2, -0.15) is 0 Å². The van der Waals surface area contributed by atoms with E-state index in [0.717, 1.165) is 6.42 Å². The number of urea groups is 1. The number of hydrogen-bond donors (Lipinski definition) is 2. The van der Waals surface area contributed by atoms with E-state index in [2.05, 4.69) is 5.32 Å². The summed E-state index contributed by atoms with van der Waals surface area (Å²) in [5, 5.41) is 2.09. The van der Waals surface area contributed by atoms with Crippen LogP contribution in [0.2, 0.25) is 0 Å². The molecule has 1 aliphatic rings. The van der Waals surface area contributed by atoms with Gasteiger partial charge in [0.25, 0.3) is 0 Å². The molecule has 2 unspecified atom stereocenters. The molecule has 1 rings (SSSR count). The predicted octanol–water partition coefficient (Wildman–Crippen LogP) is -0.319. The van der Waals surface area contributed by atoms with Gasteiger partial charge in [-0.3, -0.25) is 15.0 Å². The Morgan fingerprint density at radius 1 is 1.62 bits per heavy atom. The van der Waals surface area contributed by atoms with Gasteiger partial charge in [-0.05, 0) is 13.3 Å². The summed E-state index contributed by atoms with van der Waals surface area (Å²) in [7, 11) is 0. The average molecular weight is 229 g/mol. The Kier molecular flexibility index (Phi) is 4.70. The van der Waals surface area contributed by atoms with Crippen LogP contribution >= 0.6 is 0 Å². The van der Waals surface area contributed by atoms with E-state index >= 15 is 0 Å². The number of primary amides is 1. The van der Waals surface area contributed by atoms with E-state index in [9.17, 15) is 9.59 Å². The molecule has 0 aromatic heterocycles. The number of ether oxygens (including phenoxy) is 1. The minimum atomic E-state index is -0.808. The molecule has 16 heavy (non-hydrogen) atoms. The molecular weight excluding hydrogens is 210 g/mol. The van der Waals surface area contributed by atoms with Gasteiger partial charge in [0.2, 0.25) is 5.91 Å². The molecule has 3 N–H and O–H groups in total. The molecule has 0 saturated carbocycles. The highest BCUT2D eigenvalue weighted by atomic mass is 16.5. The van der Waals surface area contributed by atoms with Gasteiger partial charge >= 0.3 is 6.03 Å². The maximum absolute atomic E-state index is 11.6. The van der Waals surface area contributed by atoms with E-state index < -0.39 is 6.03 Å². The van der Waals surface area contributed by atoms with Crippen LogP contribution in [0.25, 0.3) is 0 Å². The molecule has 6 heteroatoms. The second-order valence-corrected chi connectivity index (χ2v) is 3.93. The maximum atomic E-state index is 11.6. The van der Waals surface area contributed by atoms with Crippen molar-refractivity contribution in [2.75, 3.05) is 19.7 Å². The molecule has 1 fully saturated rings. The summed E-state index contributed by atoms with van der Waals surface area (Å²) in [6.45, 7) is 5.83. The SMILES string of the molecule is CCC1CN(C(C)C(=O)NC(N)=O)CCO1. The Morgan fingerprint density at radius 3 is 2.88 bits per heavy atom. The van der Waals surface area contributed by atoms with E-state index in [4.69, 9.17) is 10.5 Å². The number of carbonyl (C=O) groups excluding carboxylic acids is 2. The first-order valence-electron chi connectivity index (χ1n) is 5.50. The summed E-state index contributed by atoms with van der Waals surface area (Å²) in [6, 6.07) is -1.16. The highest BCUT2D eigenvalue weighted by Crippen LogP contribution is 2.11. The summed E-state index contributed by atoms with van der Waals surface area (Å²) in [4.78, 5) is 24.1. The molecule has 2 atom stereocenters. The van der Waals surface area contributed by atoms with Crippen molar-refractivity contribution < 1.29 is 14.3 Å². The zero-order valence-electron chi connectivity index (χ0n) is 9.73. The lowest BCUT2D eigenvalue weighted by Gasteiger charge is -2.35. The van der Waals surface area contributed by atoms with Crippen LogP contribution in [0, 0.1) is 0 Å². The minimum absolute atomic E-state index is 0.164. The lowest BCUT2D eigenvalue weighted by atomic mass is 10.1. The Bertz CT molecular complexity index is 270. The normalized spacial score (nSPS) is 23.8. The van der Waals surface area contributed by atoms with E-state index in [1.807, 2.05) is 11.8 Å². The van der Waals surface area contributed by atoms with Gasteiger partial charge in [0.1, 0.15) is 0 Å². The molecule has 92 valence electrons. The number of nitrogens with zero attached hydrogens (tertiary/aromatic N) is 1. The van der Waals surface area contributed by atoms with Crippen molar-refractivity contribution in [3.8, 4) is 0 Å². The first-order chi connectivity index (χ1) is 7.54. The van der Waals surface area contributed by atoms with Crippen molar-refractivity contribution in [3.63, 3.8) is 0 Å². The monoisotopic (exact) mass is 229 g/mol. The minimum Gasteiger partial charge on any atom is -0.376 e. The standard InChI is InChI=1S/C10H19N3O3/c1-3-8-6-13(4-5-16-8)7(2)9(14)12-10(11)15/h7-8H,3-6H2,1-2H3,(H3,11,12,14,15). The van der Waals surface area contributed by atoms with Crippen molar-refractivity contribution in [1.82, 2.24) is 10.2 Å². The molecule has 0 aromatic carbocycles. The maximum Gasteiger partial charge on any atom is 0.318 e.